The first-order chi connectivity index (χ1) is 18.6. The fourth-order valence-electron chi connectivity index (χ4n) is 4.40. The fourth-order valence-corrected chi connectivity index (χ4v) is 5.66. The summed E-state index contributed by atoms with van der Waals surface area (Å²) in [5.41, 5.74) is -3.36. The van der Waals surface area contributed by atoms with Crippen molar-refractivity contribution < 1.29 is 50.6 Å². The SMILES string of the molecule is O=C(O)C(O)CN1CCC(CN2C(=O)/C(=C/c3ccc(-c4cc(C(F)(F)F)cc(C(F)(F)F)c4)o3)SC2=S)CC1. The van der Waals surface area contributed by atoms with Crippen molar-refractivity contribution >= 4 is 46.3 Å². The van der Waals surface area contributed by atoms with Gasteiger partial charge in [0, 0.05) is 24.7 Å². The monoisotopic (exact) mass is 608 g/mol. The van der Waals surface area contributed by atoms with Crippen molar-refractivity contribution in [3.8, 4) is 11.3 Å². The van der Waals surface area contributed by atoms with E-state index in [1.54, 1.807) is 0 Å². The zero-order valence-corrected chi connectivity index (χ0v) is 22.1. The predicted octanol–water partition coefficient (Wildman–Crippen LogP) is 5.34. The second-order valence-corrected chi connectivity index (χ2v) is 11.1. The van der Waals surface area contributed by atoms with Gasteiger partial charge < -0.3 is 19.5 Å². The van der Waals surface area contributed by atoms with Gasteiger partial charge in [-0.15, -0.1) is 0 Å². The Morgan fingerprint density at radius 2 is 1.70 bits per heavy atom. The van der Waals surface area contributed by atoms with Crippen molar-refractivity contribution in [2.24, 2.45) is 5.92 Å². The van der Waals surface area contributed by atoms with Gasteiger partial charge in [0.2, 0.25) is 0 Å². The summed E-state index contributed by atoms with van der Waals surface area (Å²) in [6, 6.07) is 3.70. The van der Waals surface area contributed by atoms with E-state index in [0.717, 1.165) is 11.8 Å². The number of piperidine rings is 1. The summed E-state index contributed by atoms with van der Waals surface area (Å²) in [5.74, 6) is -1.81. The number of carbonyl (C=O) groups is 2. The van der Waals surface area contributed by atoms with Crippen LogP contribution in [0.2, 0.25) is 0 Å². The molecule has 4 rings (SSSR count). The van der Waals surface area contributed by atoms with Crippen LogP contribution in [-0.2, 0) is 21.9 Å². The molecule has 0 bridgehead atoms. The first-order valence-corrected chi connectivity index (χ1v) is 13.1. The molecule has 7 nitrogen and oxygen atoms in total. The van der Waals surface area contributed by atoms with E-state index in [0.29, 0.717) is 48.9 Å². The minimum absolute atomic E-state index is 0.00893. The van der Waals surface area contributed by atoms with Gasteiger partial charge in [-0.2, -0.15) is 26.3 Å². The number of carboxylic acids is 1. The molecule has 1 atom stereocenters. The number of hydrogen-bond donors (Lipinski definition) is 2. The highest BCUT2D eigenvalue weighted by Gasteiger charge is 2.38. The van der Waals surface area contributed by atoms with Crippen LogP contribution in [0.25, 0.3) is 17.4 Å². The van der Waals surface area contributed by atoms with Crippen LogP contribution in [0.15, 0.2) is 39.7 Å². The Hall–Kier alpha value is -2.88. The summed E-state index contributed by atoms with van der Waals surface area (Å²) in [4.78, 5) is 27.3. The van der Waals surface area contributed by atoms with Crippen molar-refractivity contribution in [3.63, 3.8) is 0 Å². The van der Waals surface area contributed by atoms with E-state index < -0.39 is 47.0 Å². The van der Waals surface area contributed by atoms with Crippen LogP contribution in [0.1, 0.15) is 29.7 Å². The lowest BCUT2D eigenvalue weighted by Crippen LogP contribution is -2.44. The number of benzene rings is 1. The number of likely N-dealkylation sites (tertiary alicyclic amines) is 1. The third kappa shape index (κ3) is 7.06. The van der Waals surface area contributed by atoms with Gasteiger partial charge in [0.05, 0.1) is 16.0 Å². The quantitative estimate of drug-likeness (QED) is 0.247. The van der Waals surface area contributed by atoms with Crippen LogP contribution in [-0.4, -0.2) is 68.5 Å². The van der Waals surface area contributed by atoms with Gasteiger partial charge in [-0.25, -0.2) is 4.79 Å². The second kappa shape index (κ2) is 11.5. The Balaban J connectivity index is 1.45. The summed E-state index contributed by atoms with van der Waals surface area (Å²) < 4.78 is 85.1. The molecule has 2 N–H and O–H groups in total. The Morgan fingerprint density at radius 1 is 1.10 bits per heavy atom. The molecule has 0 aliphatic carbocycles. The van der Waals surface area contributed by atoms with Crippen LogP contribution in [0.4, 0.5) is 26.3 Å². The van der Waals surface area contributed by atoms with E-state index in [1.165, 1.54) is 23.1 Å². The summed E-state index contributed by atoms with van der Waals surface area (Å²) in [7, 11) is 0. The number of aliphatic hydroxyl groups is 1. The number of amides is 1. The lowest BCUT2D eigenvalue weighted by atomic mass is 9.96. The molecule has 0 saturated carbocycles. The Labute approximate surface area is 233 Å². The summed E-state index contributed by atoms with van der Waals surface area (Å²) in [6.07, 6.45) is -8.85. The lowest BCUT2D eigenvalue weighted by Gasteiger charge is -2.33. The van der Waals surface area contributed by atoms with Crippen LogP contribution in [0, 0.1) is 5.92 Å². The lowest BCUT2D eigenvalue weighted by molar-refractivity contribution is -0.148. The van der Waals surface area contributed by atoms with Gasteiger partial charge in [0.1, 0.15) is 15.8 Å². The van der Waals surface area contributed by atoms with Crippen molar-refractivity contribution in [3.05, 3.63) is 52.1 Å². The normalized spacial score (nSPS) is 19.6. The largest absolute Gasteiger partial charge is 0.479 e. The van der Waals surface area contributed by atoms with Gasteiger partial charge in [0.15, 0.2) is 6.10 Å². The van der Waals surface area contributed by atoms with Crippen LogP contribution in [0.3, 0.4) is 0 Å². The molecule has 40 heavy (non-hydrogen) atoms. The number of carboxylic acid groups (broad SMARTS) is 1. The molecule has 2 fully saturated rings. The van der Waals surface area contributed by atoms with Gasteiger partial charge in [-0.1, -0.05) is 24.0 Å². The van der Waals surface area contributed by atoms with E-state index in [1.807, 2.05) is 4.90 Å². The van der Waals surface area contributed by atoms with Gasteiger partial charge in [-0.05, 0) is 62.2 Å². The van der Waals surface area contributed by atoms with Crippen molar-refractivity contribution in [1.82, 2.24) is 9.80 Å². The second-order valence-electron chi connectivity index (χ2n) is 9.39. The molecule has 2 aliphatic heterocycles. The standard InChI is InChI=1S/C25H22F6N2O5S2/c26-24(27,28)15-7-14(8-16(9-15)25(29,30)31)19-2-1-17(38-19)10-20-21(35)33(23(39)40-20)11-13-3-5-32(6-4-13)12-18(34)22(36)37/h1-2,7-10,13,18,34H,3-6,11-12H2,(H,36,37)/b20-10-. The topological polar surface area (TPSA) is 94.2 Å². The zero-order valence-electron chi connectivity index (χ0n) is 20.5. The number of rotatable bonds is 7. The number of carbonyl (C=O) groups excluding carboxylic acids is 1. The summed E-state index contributed by atoms with van der Waals surface area (Å²) >= 11 is 6.34. The van der Waals surface area contributed by atoms with Gasteiger partial charge in [-0.3, -0.25) is 9.69 Å². The number of halogens is 6. The molecule has 2 aliphatic rings. The maximum atomic E-state index is 13.2. The number of aliphatic hydroxyl groups excluding tert-OH is 1. The number of nitrogens with zero attached hydrogens (tertiary/aromatic N) is 2. The van der Waals surface area contributed by atoms with E-state index in [2.05, 4.69) is 0 Å². The van der Waals surface area contributed by atoms with Gasteiger partial charge in [0.25, 0.3) is 5.91 Å². The molecule has 0 radical (unpaired) electrons. The highest BCUT2D eigenvalue weighted by atomic mass is 32.2. The molecule has 216 valence electrons. The Bertz CT molecular complexity index is 1300. The first kappa shape index (κ1) is 30.1. The van der Waals surface area contributed by atoms with E-state index >= 15 is 0 Å². The van der Waals surface area contributed by atoms with E-state index in [-0.39, 0.29) is 35.0 Å². The smallest absolute Gasteiger partial charge is 0.416 e. The molecule has 1 aromatic carbocycles. The number of hydrogen-bond acceptors (Lipinski definition) is 7. The molecular weight excluding hydrogens is 586 g/mol. The number of β-amino-alcohol motifs (C(OH)–C–C–N with tert-alkyl or cyclic N) is 1. The van der Waals surface area contributed by atoms with Crippen LogP contribution >= 0.6 is 24.0 Å². The fraction of sp³-hybridized carbons (Fsp3) is 0.400. The molecule has 0 spiro atoms. The highest BCUT2D eigenvalue weighted by Crippen LogP contribution is 2.40. The first-order valence-electron chi connectivity index (χ1n) is 11.9. The average Bonchev–Trinajstić information content (AvgIpc) is 3.44. The Morgan fingerprint density at radius 3 is 2.25 bits per heavy atom. The van der Waals surface area contributed by atoms with Crippen molar-refractivity contribution in [2.45, 2.75) is 31.3 Å². The third-order valence-electron chi connectivity index (χ3n) is 6.51. The zero-order chi connectivity index (χ0) is 29.4. The third-order valence-corrected chi connectivity index (χ3v) is 7.89. The number of thioether (sulfide) groups is 1. The maximum Gasteiger partial charge on any atom is 0.416 e. The maximum absolute atomic E-state index is 13.2. The predicted molar refractivity (Wildman–Crippen MR) is 137 cm³/mol. The molecule has 2 aromatic rings. The summed E-state index contributed by atoms with van der Waals surface area (Å²) in [6.45, 7) is 1.42. The number of aliphatic carboxylic acids is 1. The van der Waals surface area contributed by atoms with Crippen LogP contribution < -0.4 is 0 Å². The minimum atomic E-state index is -5.00. The molecular formula is C25H22F6N2O5S2. The number of thiocarbonyl (C=S) groups is 1. The summed E-state index contributed by atoms with van der Waals surface area (Å²) in [5, 5.41) is 18.4. The van der Waals surface area contributed by atoms with E-state index in [9.17, 15) is 41.0 Å². The number of furan rings is 1. The number of alkyl halides is 6. The Kier molecular flexibility index (Phi) is 8.68. The highest BCUT2D eigenvalue weighted by molar-refractivity contribution is 8.26. The van der Waals surface area contributed by atoms with Crippen molar-refractivity contribution in [1.29, 1.82) is 0 Å². The molecule has 1 unspecified atom stereocenters. The van der Waals surface area contributed by atoms with Crippen molar-refractivity contribution in [2.75, 3.05) is 26.2 Å². The average molecular weight is 609 g/mol. The molecule has 1 aromatic heterocycles. The molecule has 2 saturated heterocycles. The minimum Gasteiger partial charge on any atom is -0.479 e. The van der Waals surface area contributed by atoms with Gasteiger partial charge >= 0.3 is 18.3 Å². The van der Waals surface area contributed by atoms with E-state index in [4.69, 9.17) is 21.7 Å². The molecule has 15 heteroatoms. The molecule has 1 amide bonds. The molecule has 3 heterocycles. The van der Waals surface area contributed by atoms with Crippen LogP contribution in [0.5, 0.6) is 0 Å².